The van der Waals surface area contributed by atoms with Gasteiger partial charge in [-0.1, -0.05) is 18.2 Å². The number of hydrogen-bond donors (Lipinski definition) is 0. The van der Waals surface area contributed by atoms with E-state index < -0.39 is 0 Å². The monoisotopic (exact) mass is 279 g/mol. The lowest BCUT2D eigenvalue weighted by atomic mass is 10.2. The lowest BCUT2D eigenvalue weighted by Gasteiger charge is -2.21. The third-order valence-electron chi connectivity index (χ3n) is 3.54. The van der Waals surface area contributed by atoms with Crippen molar-refractivity contribution in [2.24, 2.45) is 0 Å². The average Bonchev–Trinajstić information content (AvgIpc) is 2.86. The predicted molar refractivity (Wildman–Crippen MR) is 84.4 cm³/mol. The van der Waals surface area contributed by atoms with Gasteiger partial charge in [0.15, 0.2) is 12.1 Å². The van der Waals surface area contributed by atoms with E-state index in [0.29, 0.717) is 11.5 Å². The number of pyridine rings is 1. The summed E-state index contributed by atoms with van der Waals surface area (Å²) in [6.45, 7) is 4.86. The molecule has 0 aliphatic rings. The Bertz CT molecular complexity index is 792. The van der Waals surface area contributed by atoms with Crippen LogP contribution < -0.4 is 4.90 Å². The van der Waals surface area contributed by atoms with Gasteiger partial charge in [0.05, 0.1) is 0 Å². The second-order valence-electron chi connectivity index (χ2n) is 4.95. The van der Waals surface area contributed by atoms with Gasteiger partial charge in [0, 0.05) is 18.4 Å². The van der Waals surface area contributed by atoms with Crippen LogP contribution in [0.15, 0.2) is 48.7 Å². The Morgan fingerprint density at radius 3 is 2.81 bits per heavy atom. The van der Waals surface area contributed by atoms with Gasteiger partial charge >= 0.3 is 0 Å². The van der Waals surface area contributed by atoms with E-state index in [1.165, 1.54) is 5.56 Å². The number of carbonyl (C=O) groups excluding carboxylic acids is 1. The van der Waals surface area contributed by atoms with E-state index in [2.05, 4.69) is 35.9 Å². The Morgan fingerprint density at radius 1 is 1.24 bits per heavy atom. The SMILES string of the molecule is CCN(c1cccc(C)c1)c1nc2ccccn2c1C=O. The highest BCUT2D eigenvalue weighted by molar-refractivity contribution is 5.85. The maximum absolute atomic E-state index is 11.5. The highest BCUT2D eigenvalue weighted by Crippen LogP contribution is 2.28. The number of hydrogen-bond acceptors (Lipinski definition) is 3. The van der Waals surface area contributed by atoms with Gasteiger partial charge in [0.2, 0.25) is 0 Å². The van der Waals surface area contributed by atoms with Crippen molar-refractivity contribution < 1.29 is 4.79 Å². The summed E-state index contributed by atoms with van der Waals surface area (Å²) in [6.07, 6.45) is 2.73. The number of anilines is 2. The molecule has 4 nitrogen and oxygen atoms in total. The van der Waals surface area contributed by atoms with Gasteiger partial charge in [-0.15, -0.1) is 0 Å². The lowest BCUT2D eigenvalue weighted by Crippen LogP contribution is -2.18. The summed E-state index contributed by atoms with van der Waals surface area (Å²) in [5, 5.41) is 0. The van der Waals surface area contributed by atoms with Crippen molar-refractivity contribution in [1.29, 1.82) is 0 Å². The number of rotatable bonds is 4. The number of imidazole rings is 1. The first-order valence-corrected chi connectivity index (χ1v) is 7.01. The van der Waals surface area contributed by atoms with Crippen molar-refractivity contribution in [3.05, 3.63) is 59.9 Å². The third-order valence-corrected chi connectivity index (χ3v) is 3.54. The number of aromatic nitrogens is 2. The second kappa shape index (κ2) is 5.40. The lowest BCUT2D eigenvalue weighted by molar-refractivity contribution is 0.111. The molecule has 0 spiro atoms. The van der Waals surface area contributed by atoms with Gasteiger partial charge in [0.1, 0.15) is 11.3 Å². The van der Waals surface area contributed by atoms with Gasteiger partial charge in [-0.3, -0.25) is 9.20 Å². The summed E-state index contributed by atoms with van der Waals surface area (Å²) in [7, 11) is 0. The van der Waals surface area contributed by atoms with Gasteiger partial charge in [-0.25, -0.2) is 4.98 Å². The zero-order valence-electron chi connectivity index (χ0n) is 12.2. The normalized spacial score (nSPS) is 10.8. The van der Waals surface area contributed by atoms with Crippen molar-refractivity contribution in [2.45, 2.75) is 13.8 Å². The minimum Gasteiger partial charge on any atom is -0.325 e. The molecular formula is C17H17N3O. The number of fused-ring (bicyclic) bond motifs is 1. The van der Waals surface area contributed by atoms with Crippen LogP contribution in [0.2, 0.25) is 0 Å². The smallest absolute Gasteiger partial charge is 0.170 e. The number of carbonyl (C=O) groups is 1. The molecule has 21 heavy (non-hydrogen) atoms. The molecule has 4 heteroatoms. The fourth-order valence-electron chi connectivity index (χ4n) is 2.56. The predicted octanol–water partition coefficient (Wildman–Crippen LogP) is 3.61. The van der Waals surface area contributed by atoms with Crippen LogP contribution >= 0.6 is 0 Å². The van der Waals surface area contributed by atoms with E-state index in [1.54, 1.807) is 0 Å². The van der Waals surface area contributed by atoms with Crippen LogP contribution in [-0.4, -0.2) is 22.2 Å². The Labute approximate surface area is 123 Å². The standard InChI is InChI=1S/C17H17N3O/c1-3-19(14-8-6-7-13(2)11-14)17-15(12-21)20-10-5-4-9-16(20)18-17/h4-12H,3H2,1-2H3. The average molecular weight is 279 g/mol. The molecular weight excluding hydrogens is 262 g/mol. The zero-order chi connectivity index (χ0) is 14.8. The largest absolute Gasteiger partial charge is 0.325 e. The zero-order valence-corrected chi connectivity index (χ0v) is 12.2. The Balaban J connectivity index is 2.19. The fraction of sp³-hybridized carbons (Fsp3) is 0.176. The third kappa shape index (κ3) is 2.29. The van der Waals surface area contributed by atoms with Crippen molar-refractivity contribution in [3.63, 3.8) is 0 Å². The van der Waals surface area contributed by atoms with E-state index in [1.807, 2.05) is 40.9 Å². The van der Waals surface area contributed by atoms with Crippen molar-refractivity contribution >= 4 is 23.4 Å². The van der Waals surface area contributed by atoms with Crippen LogP contribution in [0.5, 0.6) is 0 Å². The van der Waals surface area contributed by atoms with Gasteiger partial charge in [-0.2, -0.15) is 0 Å². The van der Waals surface area contributed by atoms with E-state index in [0.717, 1.165) is 24.2 Å². The van der Waals surface area contributed by atoms with Gasteiger partial charge < -0.3 is 4.90 Å². The first-order valence-electron chi connectivity index (χ1n) is 7.01. The topological polar surface area (TPSA) is 37.6 Å². The van der Waals surface area contributed by atoms with E-state index in [-0.39, 0.29) is 0 Å². The number of nitrogens with zero attached hydrogens (tertiary/aromatic N) is 3. The molecule has 3 rings (SSSR count). The molecule has 0 unspecified atom stereocenters. The van der Waals surface area contributed by atoms with Crippen molar-refractivity contribution in [1.82, 2.24) is 9.38 Å². The summed E-state index contributed by atoms with van der Waals surface area (Å²) >= 11 is 0. The van der Waals surface area contributed by atoms with Crippen LogP contribution in [0, 0.1) is 6.92 Å². The number of aryl methyl sites for hydroxylation is 1. The number of benzene rings is 1. The quantitative estimate of drug-likeness (QED) is 0.685. The molecule has 0 fully saturated rings. The minimum absolute atomic E-state index is 0.578. The molecule has 0 atom stereocenters. The highest BCUT2D eigenvalue weighted by Gasteiger charge is 2.18. The first-order chi connectivity index (χ1) is 10.2. The maximum Gasteiger partial charge on any atom is 0.170 e. The van der Waals surface area contributed by atoms with Gasteiger partial charge in [-0.05, 0) is 43.7 Å². The molecule has 3 aromatic rings. The minimum atomic E-state index is 0.578. The molecule has 0 bridgehead atoms. The van der Waals surface area contributed by atoms with Crippen LogP contribution in [-0.2, 0) is 0 Å². The fourth-order valence-corrected chi connectivity index (χ4v) is 2.56. The van der Waals surface area contributed by atoms with E-state index in [9.17, 15) is 4.79 Å². The summed E-state index contributed by atoms with van der Waals surface area (Å²) in [5.41, 5.74) is 3.58. The molecule has 2 aromatic heterocycles. The van der Waals surface area contributed by atoms with Crippen LogP contribution in [0.3, 0.4) is 0 Å². The molecule has 106 valence electrons. The van der Waals surface area contributed by atoms with E-state index >= 15 is 0 Å². The summed E-state index contributed by atoms with van der Waals surface area (Å²) in [4.78, 5) is 18.2. The maximum atomic E-state index is 11.5. The van der Waals surface area contributed by atoms with E-state index in [4.69, 9.17) is 0 Å². The van der Waals surface area contributed by atoms with Crippen molar-refractivity contribution in [3.8, 4) is 0 Å². The number of aldehydes is 1. The second-order valence-corrected chi connectivity index (χ2v) is 4.95. The summed E-state index contributed by atoms with van der Waals surface area (Å²) < 4.78 is 1.82. The molecule has 0 saturated carbocycles. The molecule has 0 radical (unpaired) electrons. The van der Waals surface area contributed by atoms with Crippen LogP contribution in [0.25, 0.3) is 5.65 Å². The molecule has 0 aliphatic carbocycles. The van der Waals surface area contributed by atoms with Gasteiger partial charge in [0.25, 0.3) is 0 Å². The first kappa shape index (κ1) is 13.4. The molecule has 2 heterocycles. The molecule has 1 aromatic carbocycles. The Hall–Kier alpha value is -2.62. The Kier molecular flexibility index (Phi) is 3.44. The molecule has 0 saturated heterocycles. The highest BCUT2D eigenvalue weighted by atomic mass is 16.1. The molecule has 0 amide bonds. The molecule has 0 N–H and O–H groups in total. The van der Waals surface area contributed by atoms with Crippen molar-refractivity contribution in [2.75, 3.05) is 11.4 Å². The molecule has 0 aliphatic heterocycles. The summed E-state index contributed by atoms with van der Waals surface area (Å²) in [5.74, 6) is 0.698. The Morgan fingerprint density at radius 2 is 2.10 bits per heavy atom. The van der Waals surface area contributed by atoms with Crippen LogP contribution in [0.4, 0.5) is 11.5 Å². The van der Waals surface area contributed by atoms with Crippen LogP contribution in [0.1, 0.15) is 23.0 Å². The summed E-state index contributed by atoms with van der Waals surface area (Å²) in [6, 6.07) is 13.9.